The Morgan fingerprint density at radius 3 is 2.81 bits per heavy atom. The number of hydrogen-bond acceptors (Lipinski definition) is 1. The molecular formula is C14H12BrN. The molecule has 80 valence electrons. The summed E-state index contributed by atoms with van der Waals surface area (Å²) in [5, 5.41) is 0. The Balaban J connectivity index is 2.22. The zero-order valence-electron chi connectivity index (χ0n) is 9.29. The smallest absolute Gasteiger partial charge is 0.106 e. The Hall–Kier alpha value is -1.15. The minimum absolute atomic E-state index is 0.448. The zero-order chi connectivity index (χ0) is 11.3. The van der Waals surface area contributed by atoms with Gasteiger partial charge in [0.15, 0.2) is 0 Å². The quantitative estimate of drug-likeness (QED) is 0.645. The van der Waals surface area contributed by atoms with Gasteiger partial charge in [-0.1, -0.05) is 30.7 Å². The van der Waals surface area contributed by atoms with Gasteiger partial charge < -0.3 is 0 Å². The maximum Gasteiger partial charge on any atom is 0.106 e. The third kappa shape index (κ3) is 1.40. The van der Waals surface area contributed by atoms with Crippen LogP contribution in [0.5, 0.6) is 0 Å². The average molecular weight is 274 g/mol. The topological polar surface area (TPSA) is 12.9 Å². The minimum Gasteiger partial charge on any atom is -0.241 e. The van der Waals surface area contributed by atoms with Gasteiger partial charge in [0.1, 0.15) is 4.60 Å². The van der Waals surface area contributed by atoms with Crippen LogP contribution in [0.1, 0.15) is 31.0 Å². The van der Waals surface area contributed by atoms with Crippen molar-refractivity contribution in [3.63, 3.8) is 0 Å². The second-order valence-electron chi connectivity index (χ2n) is 4.42. The molecule has 0 saturated carbocycles. The van der Waals surface area contributed by atoms with E-state index in [0.29, 0.717) is 5.92 Å². The summed E-state index contributed by atoms with van der Waals surface area (Å²) >= 11 is 3.42. The third-order valence-electron chi connectivity index (χ3n) is 3.25. The lowest BCUT2D eigenvalue weighted by atomic mass is 9.84. The molecule has 2 heteroatoms. The largest absolute Gasteiger partial charge is 0.241 e. The van der Waals surface area contributed by atoms with Gasteiger partial charge in [-0.15, -0.1) is 0 Å². The first-order chi connectivity index (χ1) is 7.65. The Bertz CT molecular complexity index is 564. The van der Waals surface area contributed by atoms with Crippen molar-refractivity contribution in [2.45, 2.75) is 19.8 Å². The van der Waals surface area contributed by atoms with E-state index < -0.39 is 0 Å². The van der Waals surface area contributed by atoms with Crippen LogP contribution in [0.4, 0.5) is 0 Å². The molecule has 2 aliphatic rings. The van der Waals surface area contributed by atoms with E-state index in [1.165, 1.54) is 22.3 Å². The highest BCUT2D eigenvalue weighted by Gasteiger charge is 2.25. The molecule has 1 aromatic heterocycles. The van der Waals surface area contributed by atoms with E-state index in [-0.39, 0.29) is 0 Å². The van der Waals surface area contributed by atoms with Crippen LogP contribution in [0.15, 0.2) is 45.6 Å². The highest BCUT2D eigenvalue weighted by atomic mass is 79.9. The fraction of sp³-hybridized carbons (Fsp3) is 0.214. The molecule has 0 N–H and O–H groups in total. The van der Waals surface area contributed by atoms with Crippen LogP contribution in [0.2, 0.25) is 0 Å². The molecule has 0 amide bonds. The number of aromatic nitrogens is 1. The van der Waals surface area contributed by atoms with Gasteiger partial charge in [0, 0.05) is 5.92 Å². The third-order valence-corrected chi connectivity index (χ3v) is 3.69. The molecule has 0 fully saturated rings. The van der Waals surface area contributed by atoms with Crippen molar-refractivity contribution in [2.24, 2.45) is 0 Å². The molecule has 16 heavy (non-hydrogen) atoms. The summed E-state index contributed by atoms with van der Waals surface area (Å²) in [6.07, 6.45) is 6.70. The summed E-state index contributed by atoms with van der Waals surface area (Å²) < 4.78 is 0.904. The van der Waals surface area contributed by atoms with Crippen molar-refractivity contribution >= 4 is 22.0 Å². The van der Waals surface area contributed by atoms with Crippen molar-refractivity contribution in [1.82, 2.24) is 4.98 Å². The predicted octanol–water partition coefficient (Wildman–Crippen LogP) is 4.23. The van der Waals surface area contributed by atoms with Crippen LogP contribution in [-0.4, -0.2) is 4.98 Å². The molecule has 1 atom stereocenters. The molecular weight excluding hydrogens is 262 g/mol. The van der Waals surface area contributed by atoms with Crippen LogP contribution < -0.4 is 0 Å². The maximum absolute atomic E-state index is 4.53. The Kier molecular flexibility index (Phi) is 2.15. The first-order valence-electron chi connectivity index (χ1n) is 5.43. The molecule has 3 rings (SSSR count). The zero-order valence-corrected chi connectivity index (χ0v) is 10.9. The number of allylic oxidation sites excluding steroid dienone is 5. The van der Waals surface area contributed by atoms with Crippen LogP contribution in [0.3, 0.4) is 0 Å². The summed E-state index contributed by atoms with van der Waals surface area (Å²) in [4.78, 5) is 4.53. The summed E-state index contributed by atoms with van der Waals surface area (Å²) in [6.45, 7) is 4.40. The van der Waals surface area contributed by atoms with Gasteiger partial charge in [0.2, 0.25) is 0 Å². The minimum atomic E-state index is 0.448. The number of fused-ring (bicyclic) bond motifs is 2. The van der Waals surface area contributed by atoms with Crippen molar-refractivity contribution in [2.75, 3.05) is 0 Å². The molecule has 0 radical (unpaired) electrons. The predicted molar refractivity (Wildman–Crippen MR) is 70.2 cm³/mol. The van der Waals surface area contributed by atoms with E-state index in [0.717, 1.165) is 10.3 Å². The van der Waals surface area contributed by atoms with Crippen LogP contribution >= 0.6 is 15.9 Å². The molecule has 0 spiro atoms. The van der Waals surface area contributed by atoms with E-state index in [1.54, 1.807) is 0 Å². The number of hydrogen-bond donors (Lipinski definition) is 0. The van der Waals surface area contributed by atoms with E-state index in [9.17, 15) is 0 Å². The highest BCUT2D eigenvalue weighted by Crippen LogP contribution is 2.41. The van der Waals surface area contributed by atoms with Gasteiger partial charge in [0.25, 0.3) is 0 Å². The van der Waals surface area contributed by atoms with E-state index >= 15 is 0 Å². The monoisotopic (exact) mass is 273 g/mol. The molecule has 0 bridgehead atoms. The maximum atomic E-state index is 4.53. The summed E-state index contributed by atoms with van der Waals surface area (Å²) in [5.41, 5.74) is 6.50. The van der Waals surface area contributed by atoms with Gasteiger partial charge in [-0.3, -0.25) is 0 Å². The Morgan fingerprint density at radius 1 is 1.19 bits per heavy atom. The Labute approximate surface area is 104 Å². The number of halogens is 1. The van der Waals surface area contributed by atoms with Crippen molar-refractivity contribution in [3.8, 4) is 0 Å². The second kappa shape index (κ2) is 3.42. The van der Waals surface area contributed by atoms with Crippen LogP contribution in [0.25, 0.3) is 6.08 Å². The van der Waals surface area contributed by atoms with E-state index in [4.69, 9.17) is 0 Å². The van der Waals surface area contributed by atoms with Gasteiger partial charge >= 0.3 is 0 Å². The first kappa shape index (κ1) is 10.0. The summed E-state index contributed by atoms with van der Waals surface area (Å²) in [7, 11) is 0. The normalized spacial score (nSPS) is 21.9. The SMILES string of the molecule is CC1=CC2=Cc3nc(Br)ccc3C(C)C2=C1. The molecule has 0 aromatic carbocycles. The fourth-order valence-electron chi connectivity index (χ4n) is 2.46. The average Bonchev–Trinajstić information content (AvgIpc) is 2.59. The fourth-order valence-corrected chi connectivity index (χ4v) is 2.78. The van der Waals surface area contributed by atoms with Gasteiger partial charge in [0.05, 0.1) is 5.69 Å². The molecule has 1 nitrogen and oxygen atoms in total. The van der Waals surface area contributed by atoms with Crippen LogP contribution in [-0.2, 0) is 0 Å². The second-order valence-corrected chi connectivity index (χ2v) is 5.23. The van der Waals surface area contributed by atoms with Crippen molar-refractivity contribution in [1.29, 1.82) is 0 Å². The summed E-state index contributed by atoms with van der Waals surface area (Å²) in [5.74, 6) is 0.448. The lowest BCUT2D eigenvalue weighted by Gasteiger charge is -2.22. The number of pyridine rings is 1. The molecule has 0 aliphatic heterocycles. The molecule has 1 aromatic rings. The van der Waals surface area contributed by atoms with Gasteiger partial charge in [-0.2, -0.15) is 0 Å². The molecule has 2 aliphatic carbocycles. The lowest BCUT2D eigenvalue weighted by Crippen LogP contribution is -2.07. The van der Waals surface area contributed by atoms with Crippen LogP contribution in [0, 0.1) is 0 Å². The molecule has 0 saturated heterocycles. The Morgan fingerprint density at radius 2 is 2.00 bits per heavy atom. The lowest BCUT2D eigenvalue weighted by molar-refractivity contribution is 0.885. The first-order valence-corrected chi connectivity index (χ1v) is 6.23. The number of rotatable bonds is 0. The molecule has 1 heterocycles. The summed E-state index contributed by atoms with van der Waals surface area (Å²) in [6, 6.07) is 4.18. The van der Waals surface area contributed by atoms with Crippen molar-refractivity contribution in [3.05, 3.63) is 56.9 Å². The van der Waals surface area contributed by atoms with Gasteiger partial charge in [-0.25, -0.2) is 4.98 Å². The highest BCUT2D eigenvalue weighted by molar-refractivity contribution is 9.10. The number of nitrogens with zero attached hydrogens (tertiary/aromatic N) is 1. The molecule has 1 unspecified atom stereocenters. The standard InChI is InChI=1S/C14H12BrN/c1-8-5-10-7-13-11(3-4-14(15)16-13)9(2)12(10)6-8/h3-7,9H,1-2H3. The van der Waals surface area contributed by atoms with Gasteiger partial charge in [-0.05, 0) is 51.7 Å². The van der Waals surface area contributed by atoms with Crippen molar-refractivity contribution < 1.29 is 0 Å². The van der Waals surface area contributed by atoms with E-state index in [1.807, 2.05) is 6.07 Å². The van der Waals surface area contributed by atoms with E-state index in [2.05, 4.69) is 59.1 Å².